The molecule has 0 fully saturated rings. The van der Waals surface area contributed by atoms with Crippen LogP contribution in [0.15, 0.2) is 4.47 Å². The molecule has 1 aromatic rings. The number of nitrogens with zero attached hydrogens (tertiary/aromatic N) is 3. The van der Waals surface area contributed by atoms with Gasteiger partial charge in [-0.15, -0.1) is 0 Å². The van der Waals surface area contributed by atoms with Crippen LogP contribution in [0, 0.1) is 0 Å². The zero-order valence-electron chi connectivity index (χ0n) is 13.5. The van der Waals surface area contributed by atoms with Gasteiger partial charge in [0.25, 0.3) is 0 Å². The van der Waals surface area contributed by atoms with Gasteiger partial charge in [0, 0.05) is 24.5 Å². The molecule has 0 saturated carbocycles. The van der Waals surface area contributed by atoms with Gasteiger partial charge in [-0.3, -0.25) is 16.0 Å². The second-order valence-electron chi connectivity index (χ2n) is 5.85. The number of hydrazine groups is 1. The molecule has 0 aliphatic rings. The maximum atomic E-state index is 5.80. The Morgan fingerprint density at radius 2 is 2.00 bits per heavy atom. The Kier molecular flexibility index (Phi) is 6.19. The van der Waals surface area contributed by atoms with E-state index in [9.17, 15) is 0 Å². The lowest BCUT2D eigenvalue weighted by atomic mass is 9.90. The van der Waals surface area contributed by atoms with E-state index in [4.69, 9.17) is 5.84 Å². The Morgan fingerprint density at radius 3 is 2.40 bits per heavy atom. The zero-order valence-corrected chi connectivity index (χ0v) is 15.1. The monoisotopic (exact) mass is 345 g/mol. The van der Waals surface area contributed by atoms with E-state index in [1.165, 1.54) is 5.69 Å². The number of nitrogens with two attached hydrogens (primary N) is 1. The Bertz CT molecular complexity index is 439. The first-order chi connectivity index (χ1) is 9.29. The molecule has 0 spiro atoms. The molecule has 0 bridgehead atoms. The number of aryl methyl sites for hydroxylation is 2. The quantitative estimate of drug-likeness (QED) is 0.585. The molecule has 1 rings (SSSR count). The van der Waals surface area contributed by atoms with E-state index in [1.54, 1.807) is 0 Å². The molecule has 0 saturated heterocycles. The minimum absolute atomic E-state index is 0.0522. The van der Waals surface area contributed by atoms with Crippen LogP contribution in [-0.2, 0) is 19.4 Å². The molecule has 0 aliphatic carbocycles. The van der Waals surface area contributed by atoms with Crippen LogP contribution in [0.4, 0.5) is 0 Å². The minimum Gasteiger partial charge on any atom is -0.303 e. The van der Waals surface area contributed by atoms with Crippen molar-refractivity contribution in [3.05, 3.63) is 15.9 Å². The Labute approximate surface area is 131 Å². The van der Waals surface area contributed by atoms with Crippen molar-refractivity contribution < 1.29 is 0 Å². The molecule has 3 N–H and O–H groups in total. The number of likely N-dealkylation sites (N-methyl/N-ethyl adjacent to an activating group) is 1. The fourth-order valence-electron chi connectivity index (χ4n) is 2.23. The van der Waals surface area contributed by atoms with Crippen molar-refractivity contribution in [1.82, 2.24) is 20.1 Å². The highest BCUT2D eigenvalue weighted by atomic mass is 79.9. The van der Waals surface area contributed by atoms with Gasteiger partial charge in [-0.1, -0.05) is 6.92 Å². The molecule has 0 aliphatic heterocycles. The third-order valence-corrected chi connectivity index (χ3v) is 5.21. The van der Waals surface area contributed by atoms with Crippen molar-refractivity contribution in [2.75, 3.05) is 14.1 Å². The van der Waals surface area contributed by atoms with E-state index in [2.05, 4.69) is 77.8 Å². The first-order valence-electron chi connectivity index (χ1n) is 7.17. The zero-order chi connectivity index (χ0) is 15.5. The number of aromatic nitrogens is 2. The summed E-state index contributed by atoms with van der Waals surface area (Å²) in [5.41, 5.74) is 5.24. The SMILES string of the molecule is CCc1nn(CC)c(CC(NN)C(C)(C)N(C)C)c1Br. The van der Waals surface area contributed by atoms with Gasteiger partial charge < -0.3 is 4.90 Å². The summed E-state index contributed by atoms with van der Waals surface area (Å²) in [6.07, 6.45) is 1.77. The van der Waals surface area contributed by atoms with Crippen LogP contribution in [0.25, 0.3) is 0 Å². The normalized spacial score (nSPS) is 14.1. The van der Waals surface area contributed by atoms with Gasteiger partial charge in [-0.25, -0.2) is 0 Å². The van der Waals surface area contributed by atoms with Gasteiger partial charge in [0.15, 0.2) is 0 Å². The third kappa shape index (κ3) is 3.42. The van der Waals surface area contributed by atoms with E-state index in [0.29, 0.717) is 0 Å². The summed E-state index contributed by atoms with van der Waals surface area (Å²) < 4.78 is 3.19. The van der Waals surface area contributed by atoms with Gasteiger partial charge in [0.05, 0.1) is 15.9 Å². The van der Waals surface area contributed by atoms with Crippen molar-refractivity contribution in [2.24, 2.45) is 5.84 Å². The summed E-state index contributed by atoms with van der Waals surface area (Å²) in [5, 5.41) is 4.65. The van der Waals surface area contributed by atoms with Gasteiger partial charge in [0.2, 0.25) is 0 Å². The Hall–Kier alpha value is -0.430. The summed E-state index contributed by atoms with van der Waals surface area (Å²) in [4.78, 5) is 2.19. The highest BCUT2D eigenvalue weighted by Crippen LogP contribution is 2.26. The average molecular weight is 346 g/mol. The fraction of sp³-hybridized carbons (Fsp3) is 0.786. The highest BCUT2D eigenvalue weighted by Gasteiger charge is 2.32. The van der Waals surface area contributed by atoms with E-state index in [1.807, 2.05) is 0 Å². The molecule has 1 unspecified atom stereocenters. The summed E-state index contributed by atoms with van der Waals surface area (Å²) in [7, 11) is 4.15. The van der Waals surface area contributed by atoms with Gasteiger partial charge in [-0.2, -0.15) is 5.10 Å². The third-order valence-electron chi connectivity index (χ3n) is 4.30. The Balaban J connectivity index is 3.10. The number of rotatable bonds is 7. The fourth-order valence-corrected chi connectivity index (χ4v) is 2.96. The van der Waals surface area contributed by atoms with Crippen molar-refractivity contribution in [1.29, 1.82) is 0 Å². The minimum atomic E-state index is -0.0522. The predicted octanol–water partition coefficient (Wildman–Crippen LogP) is 1.94. The molecule has 1 aromatic heterocycles. The van der Waals surface area contributed by atoms with Crippen LogP contribution in [0.2, 0.25) is 0 Å². The van der Waals surface area contributed by atoms with Crippen LogP contribution in [0.1, 0.15) is 39.1 Å². The molecule has 20 heavy (non-hydrogen) atoms. The maximum absolute atomic E-state index is 5.80. The number of hydrogen-bond acceptors (Lipinski definition) is 4. The molecule has 1 heterocycles. The summed E-state index contributed by atoms with van der Waals surface area (Å²) in [5.74, 6) is 5.80. The lowest BCUT2D eigenvalue weighted by Crippen LogP contribution is -2.58. The van der Waals surface area contributed by atoms with Crippen LogP contribution in [0.3, 0.4) is 0 Å². The van der Waals surface area contributed by atoms with E-state index >= 15 is 0 Å². The van der Waals surface area contributed by atoms with E-state index < -0.39 is 0 Å². The molecular weight excluding hydrogens is 318 g/mol. The molecule has 6 heteroatoms. The number of halogens is 1. The largest absolute Gasteiger partial charge is 0.303 e. The summed E-state index contributed by atoms with van der Waals surface area (Å²) >= 11 is 3.70. The lowest BCUT2D eigenvalue weighted by molar-refractivity contribution is 0.136. The van der Waals surface area contributed by atoms with Crippen LogP contribution >= 0.6 is 15.9 Å². The number of nitrogens with one attached hydrogen (secondary N) is 1. The second-order valence-corrected chi connectivity index (χ2v) is 6.64. The first kappa shape index (κ1) is 17.6. The van der Waals surface area contributed by atoms with E-state index in [-0.39, 0.29) is 11.6 Å². The smallest absolute Gasteiger partial charge is 0.0766 e. The van der Waals surface area contributed by atoms with Crippen LogP contribution in [0.5, 0.6) is 0 Å². The molecule has 0 aromatic carbocycles. The van der Waals surface area contributed by atoms with Gasteiger partial charge in [0.1, 0.15) is 0 Å². The van der Waals surface area contributed by atoms with Crippen molar-refractivity contribution in [2.45, 2.75) is 58.7 Å². The average Bonchev–Trinajstić information content (AvgIpc) is 2.71. The van der Waals surface area contributed by atoms with Gasteiger partial charge >= 0.3 is 0 Å². The van der Waals surface area contributed by atoms with E-state index in [0.717, 1.165) is 29.6 Å². The summed E-state index contributed by atoms with van der Waals surface area (Å²) in [6, 6.07) is 0.139. The van der Waals surface area contributed by atoms with Crippen LogP contribution < -0.4 is 11.3 Å². The first-order valence-corrected chi connectivity index (χ1v) is 7.96. The highest BCUT2D eigenvalue weighted by molar-refractivity contribution is 9.10. The lowest BCUT2D eigenvalue weighted by Gasteiger charge is -2.40. The standard InChI is InChI=1S/C14H28BrN5/c1-7-10-13(15)11(20(8-2)18-10)9-12(17-16)14(3,4)19(5)6/h12,17H,7-9,16H2,1-6H3. The Morgan fingerprint density at radius 1 is 1.40 bits per heavy atom. The maximum Gasteiger partial charge on any atom is 0.0766 e. The molecule has 0 amide bonds. The van der Waals surface area contributed by atoms with Crippen LogP contribution in [-0.4, -0.2) is 40.4 Å². The summed E-state index contributed by atoms with van der Waals surface area (Å²) in [6.45, 7) is 9.49. The van der Waals surface area contributed by atoms with Crippen molar-refractivity contribution >= 4 is 15.9 Å². The van der Waals surface area contributed by atoms with Crippen molar-refractivity contribution in [3.8, 4) is 0 Å². The molecule has 0 radical (unpaired) electrons. The van der Waals surface area contributed by atoms with Crippen molar-refractivity contribution in [3.63, 3.8) is 0 Å². The number of hydrogen-bond donors (Lipinski definition) is 2. The van der Waals surface area contributed by atoms with Gasteiger partial charge in [-0.05, 0) is 57.2 Å². The second kappa shape index (κ2) is 7.02. The molecular formula is C14H28BrN5. The molecule has 116 valence electrons. The topological polar surface area (TPSA) is 59.1 Å². The molecule has 1 atom stereocenters. The predicted molar refractivity (Wildman–Crippen MR) is 87.6 cm³/mol. The molecule has 5 nitrogen and oxygen atoms in total.